The van der Waals surface area contributed by atoms with E-state index in [4.69, 9.17) is 0 Å². The number of hydrogen-bond donors (Lipinski definition) is 2. The molecule has 1 aromatic rings. The fourth-order valence-electron chi connectivity index (χ4n) is 4.76. The Kier molecular flexibility index (Phi) is 8.79. The van der Waals surface area contributed by atoms with Gasteiger partial charge in [-0.05, 0) is 18.4 Å². The number of hydrogen-bond acceptors (Lipinski definition) is 5. The number of benzene rings is 1. The number of quaternary nitrogens is 1. The summed E-state index contributed by atoms with van der Waals surface area (Å²) in [6.07, 6.45) is 2.53. The van der Waals surface area contributed by atoms with Gasteiger partial charge >= 0.3 is 0 Å². The summed E-state index contributed by atoms with van der Waals surface area (Å²) in [6, 6.07) is 7.72. The first kappa shape index (κ1) is 23.7. The molecule has 0 amide bonds. The summed E-state index contributed by atoms with van der Waals surface area (Å²) in [5, 5.41) is 13.9. The molecule has 2 aliphatic rings. The summed E-state index contributed by atoms with van der Waals surface area (Å²) in [4.78, 5) is 5.10. The second kappa shape index (κ2) is 11.1. The number of phenols is 1. The third kappa shape index (κ3) is 6.54. The van der Waals surface area contributed by atoms with Gasteiger partial charge in [0.1, 0.15) is 5.75 Å². The molecule has 170 valence electrons. The highest BCUT2D eigenvalue weighted by Gasteiger charge is 2.33. The van der Waals surface area contributed by atoms with Gasteiger partial charge in [-0.3, -0.25) is 9.80 Å². The highest BCUT2D eigenvalue weighted by Crippen LogP contribution is 2.44. The lowest BCUT2D eigenvalue weighted by atomic mass is 10.2. The molecule has 2 N–H and O–H groups in total. The number of para-hydroxylation sites is 1. The van der Waals surface area contributed by atoms with Crippen molar-refractivity contribution in [2.75, 3.05) is 90.5 Å². The Morgan fingerprint density at radius 1 is 1.00 bits per heavy atom. The molecule has 2 unspecified atom stereocenters. The smallest absolute Gasteiger partial charge is 0.120 e. The lowest BCUT2D eigenvalue weighted by molar-refractivity contribution is -0.923. The maximum absolute atomic E-state index is 13.2. The van der Waals surface area contributed by atoms with Crippen LogP contribution in [0.5, 0.6) is 5.75 Å². The van der Waals surface area contributed by atoms with Gasteiger partial charge in [0.15, 0.2) is 0 Å². The van der Waals surface area contributed by atoms with Crippen molar-refractivity contribution in [1.29, 1.82) is 0 Å². The molecule has 2 heterocycles. The van der Waals surface area contributed by atoms with E-state index >= 15 is 0 Å². The van der Waals surface area contributed by atoms with Gasteiger partial charge in [0.2, 0.25) is 0 Å². The highest BCUT2D eigenvalue weighted by atomic mass is 31.2. The van der Waals surface area contributed by atoms with Gasteiger partial charge in [-0.1, -0.05) is 32.0 Å². The second-order valence-corrected chi connectivity index (χ2v) is 13.0. The molecule has 0 saturated carbocycles. The molecule has 2 aliphatic heterocycles. The summed E-state index contributed by atoms with van der Waals surface area (Å²) >= 11 is 0. The predicted molar refractivity (Wildman–Crippen MR) is 126 cm³/mol. The summed E-state index contributed by atoms with van der Waals surface area (Å²) in [5.41, 5.74) is 1.01. The second-order valence-electron chi connectivity index (χ2n) is 9.15. The number of fused-ring (bicyclic) bond motifs is 3. The van der Waals surface area contributed by atoms with Crippen LogP contribution in [0.1, 0.15) is 19.4 Å². The molecule has 0 aromatic heterocycles. The lowest BCUT2D eigenvalue weighted by Gasteiger charge is -2.40. The van der Waals surface area contributed by atoms with Gasteiger partial charge in [0.25, 0.3) is 0 Å². The van der Waals surface area contributed by atoms with Gasteiger partial charge in [0, 0.05) is 57.9 Å². The number of rotatable bonds is 7. The van der Waals surface area contributed by atoms with Crippen molar-refractivity contribution < 1.29 is 14.2 Å². The Morgan fingerprint density at radius 3 is 2.53 bits per heavy atom. The van der Waals surface area contributed by atoms with Crippen molar-refractivity contribution in [2.45, 2.75) is 20.4 Å². The molecule has 6 nitrogen and oxygen atoms in total. The molecular formula is C23H42N4O2P+. The zero-order valence-corrected chi connectivity index (χ0v) is 20.0. The van der Waals surface area contributed by atoms with Crippen molar-refractivity contribution in [3.63, 3.8) is 0 Å². The normalized spacial score (nSPS) is 26.8. The van der Waals surface area contributed by atoms with Crippen LogP contribution in [0.3, 0.4) is 0 Å². The highest BCUT2D eigenvalue weighted by molar-refractivity contribution is 7.63. The van der Waals surface area contributed by atoms with E-state index in [1.165, 1.54) is 0 Å². The number of nitrogens with one attached hydrogen (secondary N) is 1. The van der Waals surface area contributed by atoms with E-state index in [1.54, 1.807) is 6.07 Å². The van der Waals surface area contributed by atoms with Crippen LogP contribution in [-0.2, 0) is 11.1 Å². The minimum absolute atomic E-state index is 0.395. The molecule has 1 aromatic carbocycles. The molecule has 0 radical (unpaired) electrons. The molecule has 2 saturated heterocycles. The van der Waals surface area contributed by atoms with Crippen molar-refractivity contribution >= 4 is 7.14 Å². The average molecular weight is 438 g/mol. The largest absolute Gasteiger partial charge is 0.508 e. The fraction of sp³-hybridized carbons (Fsp3) is 0.739. The van der Waals surface area contributed by atoms with Crippen molar-refractivity contribution in [1.82, 2.24) is 15.1 Å². The van der Waals surface area contributed by atoms with Gasteiger partial charge < -0.3 is 19.5 Å². The maximum Gasteiger partial charge on any atom is 0.120 e. The Bertz CT molecular complexity index is 708. The molecule has 2 fully saturated rings. The van der Waals surface area contributed by atoms with Crippen molar-refractivity contribution in [3.05, 3.63) is 29.8 Å². The minimum atomic E-state index is -2.03. The molecule has 0 spiro atoms. The fourth-order valence-corrected chi connectivity index (χ4v) is 6.63. The van der Waals surface area contributed by atoms with E-state index in [9.17, 15) is 9.67 Å². The average Bonchev–Trinajstić information content (AvgIpc) is 2.91. The van der Waals surface area contributed by atoms with Gasteiger partial charge in [0.05, 0.1) is 39.5 Å². The van der Waals surface area contributed by atoms with Gasteiger partial charge in [-0.25, -0.2) is 0 Å². The van der Waals surface area contributed by atoms with E-state index in [0.29, 0.717) is 5.75 Å². The molecule has 0 aliphatic carbocycles. The lowest BCUT2D eigenvalue weighted by Crippen LogP contribution is -2.57. The van der Waals surface area contributed by atoms with Crippen LogP contribution in [0.2, 0.25) is 0 Å². The number of aromatic hydroxyl groups is 1. The first-order valence-corrected chi connectivity index (χ1v) is 14.1. The van der Waals surface area contributed by atoms with Gasteiger partial charge in [-0.15, -0.1) is 0 Å². The molecular weight excluding hydrogens is 395 g/mol. The van der Waals surface area contributed by atoms with Crippen LogP contribution in [-0.4, -0.2) is 110 Å². The number of nitrogens with zero attached hydrogens (tertiary/aromatic N) is 3. The van der Waals surface area contributed by atoms with Crippen LogP contribution in [0.15, 0.2) is 24.3 Å². The Morgan fingerprint density at radius 2 is 1.77 bits per heavy atom. The van der Waals surface area contributed by atoms with Crippen LogP contribution in [0.4, 0.5) is 0 Å². The van der Waals surface area contributed by atoms with E-state index in [-0.39, 0.29) is 0 Å². The Hall–Kier alpha value is -0.910. The summed E-state index contributed by atoms with van der Waals surface area (Å²) in [6.45, 7) is 16.8. The van der Waals surface area contributed by atoms with E-state index in [1.807, 2.05) is 18.2 Å². The maximum atomic E-state index is 13.2. The van der Waals surface area contributed by atoms with Crippen LogP contribution in [0.25, 0.3) is 0 Å². The van der Waals surface area contributed by atoms with E-state index in [2.05, 4.69) is 29.0 Å². The minimum Gasteiger partial charge on any atom is -0.508 e. The SMILES string of the molecule is CCP(=O)(CC)CC[N+]12CCNCCN(CCN(Cc3ccccc3O)CC1)CC2. The summed E-state index contributed by atoms with van der Waals surface area (Å²) < 4.78 is 14.2. The van der Waals surface area contributed by atoms with E-state index in [0.717, 1.165) is 107 Å². The first-order chi connectivity index (χ1) is 14.5. The van der Waals surface area contributed by atoms with Crippen LogP contribution in [0, 0.1) is 0 Å². The topological polar surface area (TPSA) is 55.8 Å². The van der Waals surface area contributed by atoms with Gasteiger partial charge in [-0.2, -0.15) is 0 Å². The third-order valence-electron chi connectivity index (χ3n) is 7.40. The molecule has 2 atom stereocenters. The summed E-state index contributed by atoms with van der Waals surface area (Å²) in [7, 11) is -2.03. The van der Waals surface area contributed by atoms with Crippen LogP contribution >= 0.6 is 7.14 Å². The standard InChI is InChI=1S/C23H41N4O2P/c1-3-30(29,4-2)20-19-27-16-10-24-9-11-25(14-17-27)12-13-26(15-18-27)21-22-7-5-6-8-23(22)28/h5-8,24H,3-4,9-21H2,1-2H3/p+1. The Balaban J connectivity index is 1.77. The van der Waals surface area contributed by atoms with Crippen molar-refractivity contribution in [3.8, 4) is 5.75 Å². The molecule has 2 bridgehead atoms. The summed E-state index contributed by atoms with van der Waals surface area (Å²) in [5.74, 6) is 0.395. The first-order valence-electron chi connectivity index (χ1n) is 11.8. The Labute approximate surface area is 183 Å². The zero-order valence-electron chi connectivity index (χ0n) is 19.1. The van der Waals surface area contributed by atoms with E-state index < -0.39 is 7.14 Å². The molecule has 30 heavy (non-hydrogen) atoms. The molecule has 7 heteroatoms. The van der Waals surface area contributed by atoms with Crippen molar-refractivity contribution in [2.24, 2.45) is 0 Å². The molecule has 3 rings (SSSR count). The third-order valence-corrected chi connectivity index (χ3v) is 10.7. The zero-order chi connectivity index (χ0) is 21.5. The number of phenolic OH excluding ortho intramolecular Hbond substituents is 1. The van der Waals surface area contributed by atoms with Crippen LogP contribution < -0.4 is 5.32 Å². The predicted octanol–water partition coefficient (Wildman–Crippen LogP) is 2.33. The quantitative estimate of drug-likeness (QED) is 0.507. The monoisotopic (exact) mass is 437 g/mol.